The van der Waals surface area contributed by atoms with Crippen LogP contribution >= 0.6 is 0 Å². The molecule has 0 saturated heterocycles. The van der Waals surface area contributed by atoms with Gasteiger partial charge < -0.3 is 4.98 Å². The lowest BCUT2D eigenvalue weighted by Gasteiger charge is -2.26. The molecule has 0 aliphatic carbocycles. The molecule has 86 valence electrons. The molecule has 3 heteroatoms. The molecule has 2 aromatic rings. The zero-order chi connectivity index (χ0) is 11.8. The molecule has 0 spiro atoms. The maximum atomic E-state index is 4.57. The molecule has 2 rings (SSSR count). The van der Waals surface area contributed by atoms with Crippen molar-refractivity contribution in [3.8, 4) is 0 Å². The number of pyridine rings is 1. The minimum absolute atomic E-state index is 0.317. The highest BCUT2D eigenvalue weighted by atomic mass is 14.9. The Morgan fingerprint density at radius 3 is 2.75 bits per heavy atom. The summed E-state index contributed by atoms with van der Waals surface area (Å²) in [5.41, 5.74) is 2.35. The minimum atomic E-state index is 0.317. The molecular weight excluding hydrogens is 198 g/mol. The van der Waals surface area contributed by atoms with Crippen LogP contribution in [0.4, 0.5) is 0 Å². The Morgan fingerprint density at radius 1 is 1.38 bits per heavy atom. The first-order valence-electron chi connectivity index (χ1n) is 5.75. The second-order valence-electron chi connectivity index (χ2n) is 5.55. The molecule has 0 aromatic carbocycles. The number of nitrogens with zero attached hydrogens (tertiary/aromatic N) is 2. The van der Waals surface area contributed by atoms with Gasteiger partial charge in [-0.05, 0) is 17.4 Å². The first-order valence-corrected chi connectivity index (χ1v) is 5.75. The molecule has 0 fully saturated rings. The standard InChI is InChI=1S/C13H19N3/c1-9(13(2,3)4)7-12-15-10-5-6-14-8-11(10)16-12/h5-6,8-9H,7H2,1-4H3,(H,15,16). The van der Waals surface area contributed by atoms with Crippen molar-refractivity contribution in [1.29, 1.82) is 0 Å². The molecule has 0 bridgehead atoms. The van der Waals surface area contributed by atoms with Gasteiger partial charge in [0.05, 0.1) is 17.2 Å². The van der Waals surface area contributed by atoms with Crippen molar-refractivity contribution in [2.24, 2.45) is 11.3 Å². The second-order valence-corrected chi connectivity index (χ2v) is 5.55. The predicted molar refractivity (Wildman–Crippen MR) is 66.2 cm³/mol. The zero-order valence-corrected chi connectivity index (χ0v) is 10.4. The van der Waals surface area contributed by atoms with Crippen molar-refractivity contribution in [1.82, 2.24) is 15.0 Å². The van der Waals surface area contributed by atoms with Crippen LogP contribution in [-0.4, -0.2) is 15.0 Å². The first kappa shape index (κ1) is 11.1. The lowest BCUT2D eigenvalue weighted by molar-refractivity contribution is 0.257. The van der Waals surface area contributed by atoms with E-state index < -0.39 is 0 Å². The average Bonchev–Trinajstić information content (AvgIpc) is 2.58. The van der Waals surface area contributed by atoms with Crippen LogP contribution in [0.5, 0.6) is 0 Å². The molecule has 2 aromatic heterocycles. The van der Waals surface area contributed by atoms with Gasteiger partial charge in [0.25, 0.3) is 0 Å². The van der Waals surface area contributed by atoms with Gasteiger partial charge in [0.15, 0.2) is 0 Å². The molecule has 1 N–H and O–H groups in total. The lowest BCUT2D eigenvalue weighted by Crippen LogP contribution is -2.19. The number of rotatable bonds is 2. The lowest BCUT2D eigenvalue weighted by atomic mass is 9.80. The van der Waals surface area contributed by atoms with Crippen LogP contribution in [0.15, 0.2) is 18.5 Å². The van der Waals surface area contributed by atoms with E-state index in [1.807, 2.05) is 12.3 Å². The average molecular weight is 217 g/mol. The van der Waals surface area contributed by atoms with Crippen molar-refractivity contribution in [2.45, 2.75) is 34.1 Å². The van der Waals surface area contributed by atoms with Gasteiger partial charge in [0.2, 0.25) is 0 Å². The normalized spacial score (nSPS) is 14.2. The second kappa shape index (κ2) is 3.89. The summed E-state index contributed by atoms with van der Waals surface area (Å²) in [6.07, 6.45) is 4.59. The van der Waals surface area contributed by atoms with Crippen LogP contribution in [0.25, 0.3) is 11.0 Å². The van der Waals surface area contributed by atoms with Crippen molar-refractivity contribution >= 4 is 11.0 Å². The number of hydrogen-bond acceptors (Lipinski definition) is 2. The number of hydrogen-bond donors (Lipinski definition) is 1. The molecule has 1 unspecified atom stereocenters. The summed E-state index contributed by atoms with van der Waals surface area (Å²) in [5.74, 6) is 1.66. The number of fused-ring (bicyclic) bond motifs is 1. The van der Waals surface area contributed by atoms with Crippen LogP contribution in [0, 0.1) is 11.3 Å². The van der Waals surface area contributed by atoms with Gasteiger partial charge in [-0.25, -0.2) is 4.98 Å². The van der Waals surface area contributed by atoms with Gasteiger partial charge in [-0.2, -0.15) is 0 Å². The molecule has 16 heavy (non-hydrogen) atoms. The Bertz CT molecular complexity index is 446. The molecule has 0 aliphatic rings. The molecule has 2 heterocycles. The first-order chi connectivity index (χ1) is 7.47. The smallest absolute Gasteiger partial charge is 0.107 e. The van der Waals surface area contributed by atoms with E-state index in [9.17, 15) is 0 Å². The van der Waals surface area contributed by atoms with Crippen molar-refractivity contribution in [3.05, 3.63) is 24.3 Å². The number of H-pyrrole nitrogens is 1. The monoisotopic (exact) mass is 217 g/mol. The van der Waals surface area contributed by atoms with Crippen LogP contribution in [-0.2, 0) is 6.42 Å². The van der Waals surface area contributed by atoms with Crippen molar-refractivity contribution < 1.29 is 0 Å². The van der Waals surface area contributed by atoms with E-state index in [4.69, 9.17) is 0 Å². The number of aromatic nitrogens is 3. The molecule has 1 atom stereocenters. The molecule has 0 radical (unpaired) electrons. The maximum Gasteiger partial charge on any atom is 0.107 e. The van der Waals surface area contributed by atoms with E-state index in [2.05, 4.69) is 42.6 Å². The van der Waals surface area contributed by atoms with Crippen LogP contribution in [0.3, 0.4) is 0 Å². The highest BCUT2D eigenvalue weighted by Crippen LogP contribution is 2.28. The van der Waals surface area contributed by atoms with Crippen molar-refractivity contribution in [3.63, 3.8) is 0 Å². The molecule has 3 nitrogen and oxygen atoms in total. The third kappa shape index (κ3) is 2.23. The summed E-state index contributed by atoms with van der Waals surface area (Å²) in [7, 11) is 0. The number of aromatic amines is 1. The van der Waals surface area contributed by atoms with Gasteiger partial charge in [0.1, 0.15) is 5.82 Å². The van der Waals surface area contributed by atoms with Gasteiger partial charge >= 0.3 is 0 Å². The Labute approximate surface area is 96.3 Å². The van der Waals surface area contributed by atoms with Gasteiger partial charge in [-0.15, -0.1) is 0 Å². The summed E-state index contributed by atoms with van der Waals surface area (Å²) >= 11 is 0. The van der Waals surface area contributed by atoms with Crippen LogP contribution in [0.1, 0.15) is 33.5 Å². The highest BCUT2D eigenvalue weighted by Gasteiger charge is 2.21. The van der Waals surface area contributed by atoms with E-state index >= 15 is 0 Å². The van der Waals surface area contributed by atoms with Crippen LogP contribution in [0.2, 0.25) is 0 Å². The fraction of sp³-hybridized carbons (Fsp3) is 0.538. The van der Waals surface area contributed by atoms with Gasteiger partial charge in [-0.1, -0.05) is 27.7 Å². The van der Waals surface area contributed by atoms with E-state index in [1.54, 1.807) is 6.20 Å². The zero-order valence-electron chi connectivity index (χ0n) is 10.4. The molecule has 0 amide bonds. The van der Waals surface area contributed by atoms with Gasteiger partial charge in [-0.3, -0.25) is 4.98 Å². The minimum Gasteiger partial charge on any atom is -0.341 e. The molecular formula is C13H19N3. The van der Waals surface area contributed by atoms with Crippen molar-refractivity contribution in [2.75, 3.05) is 0 Å². The Morgan fingerprint density at radius 2 is 2.12 bits per heavy atom. The third-order valence-corrected chi connectivity index (χ3v) is 3.31. The summed E-state index contributed by atoms with van der Waals surface area (Å²) in [5, 5.41) is 0. The summed E-state index contributed by atoms with van der Waals surface area (Å²) in [6, 6.07) is 1.94. The topological polar surface area (TPSA) is 41.6 Å². The quantitative estimate of drug-likeness (QED) is 0.839. The van der Waals surface area contributed by atoms with E-state index in [-0.39, 0.29) is 0 Å². The Kier molecular flexibility index (Phi) is 2.70. The fourth-order valence-corrected chi connectivity index (χ4v) is 1.60. The summed E-state index contributed by atoms with van der Waals surface area (Å²) in [4.78, 5) is 12.0. The largest absolute Gasteiger partial charge is 0.341 e. The van der Waals surface area contributed by atoms with E-state index in [1.165, 1.54) is 0 Å². The van der Waals surface area contributed by atoms with E-state index in [0.717, 1.165) is 23.3 Å². The molecule has 0 aliphatic heterocycles. The van der Waals surface area contributed by atoms with Gasteiger partial charge in [0, 0.05) is 12.6 Å². The predicted octanol–water partition coefficient (Wildman–Crippen LogP) is 3.18. The SMILES string of the molecule is CC(Cc1nc2ccncc2[nH]1)C(C)(C)C. The van der Waals surface area contributed by atoms with Crippen LogP contribution < -0.4 is 0 Å². The fourth-order valence-electron chi connectivity index (χ4n) is 1.60. The highest BCUT2D eigenvalue weighted by molar-refractivity contribution is 5.73. The van der Waals surface area contributed by atoms with E-state index in [0.29, 0.717) is 11.3 Å². The third-order valence-electron chi connectivity index (χ3n) is 3.31. The maximum absolute atomic E-state index is 4.57. The summed E-state index contributed by atoms with van der Waals surface area (Å²) in [6.45, 7) is 9.07. The number of imidazole rings is 1. The Hall–Kier alpha value is -1.38. The Balaban J connectivity index is 2.22. The number of nitrogens with one attached hydrogen (secondary N) is 1. The molecule has 0 saturated carbocycles. The summed E-state index contributed by atoms with van der Waals surface area (Å²) < 4.78 is 0.